The number of carbonyl (C=O) groups is 1. The van der Waals surface area contributed by atoms with Gasteiger partial charge < -0.3 is 28.6 Å². The smallest absolute Gasteiger partial charge is 0.422 e. The molecule has 1 aromatic heterocycles. The van der Waals surface area contributed by atoms with Gasteiger partial charge in [0.2, 0.25) is 11.4 Å². The third kappa shape index (κ3) is 8.05. The van der Waals surface area contributed by atoms with E-state index in [0.29, 0.717) is 35.7 Å². The molecule has 3 aromatic carbocycles. The average molecular weight is 732 g/mol. The number of nitro benzene ring substituents is 1. The van der Waals surface area contributed by atoms with E-state index in [1.165, 1.54) is 48.9 Å². The molecule has 1 aliphatic heterocycles. The van der Waals surface area contributed by atoms with Crippen LogP contribution in [0.15, 0.2) is 66.9 Å². The van der Waals surface area contributed by atoms with Crippen molar-refractivity contribution in [3.05, 3.63) is 93.7 Å². The Labute approximate surface area is 297 Å². The molecule has 0 radical (unpaired) electrons. The summed E-state index contributed by atoms with van der Waals surface area (Å²) in [7, 11) is 2.92. The topological polar surface area (TPSA) is 126 Å². The number of esters is 1. The summed E-state index contributed by atoms with van der Waals surface area (Å²) in [6, 6.07) is 16.0. The molecular formula is C36H40F3N3O8S. The number of aliphatic hydroxyl groups is 1. The van der Waals surface area contributed by atoms with Gasteiger partial charge in [0.15, 0.2) is 11.5 Å². The molecule has 0 amide bonds. The van der Waals surface area contributed by atoms with E-state index in [1.54, 1.807) is 54.5 Å². The van der Waals surface area contributed by atoms with Crippen LogP contribution in [0.2, 0.25) is 0 Å². The van der Waals surface area contributed by atoms with Crippen molar-refractivity contribution in [2.75, 3.05) is 46.7 Å². The van der Waals surface area contributed by atoms with Crippen molar-refractivity contribution in [3.8, 4) is 17.2 Å². The second kappa shape index (κ2) is 15.8. The molecule has 1 aliphatic rings. The molecule has 4 aromatic rings. The number of thioether (sulfide) groups is 1. The zero-order valence-corrected chi connectivity index (χ0v) is 29.5. The summed E-state index contributed by atoms with van der Waals surface area (Å²) in [5, 5.41) is 22.6. The maximum Gasteiger partial charge on any atom is 0.422 e. The molecule has 2 unspecified atom stereocenters. The summed E-state index contributed by atoms with van der Waals surface area (Å²) in [5.41, 5.74) is -2.36. The molecule has 2 atom stereocenters. The molecule has 0 spiro atoms. The maximum atomic E-state index is 15.0. The molecule has 0 aliphatic carbocycles. The fourth-order valence-electron chi connectivity index (χ4n) is 6.39. The van der Waals surface area contributed by atoms with Gasteiger partial charge in [-0.3, -0.25) is 19.8 Å². The summed E-state index contributed by atoms with van der Waals surface area (Å²) in [6.07, 6.45) is -1.79. The van der Waals surface area contributed by atoms with E-state index in [1.807, 2.05) is 6.07 Å². The van der Waals surface area contributed by atoms with Crippen LogP contribution in [0.25, 0.3) is 10.9 Å². The summed E-state index contributed by atoms with van der Waals surface area (Å²) >= 11 is 1.30. The predicted molar refractivity (Wildman–Crippen MR) is 187 cm³/mol. The number of fused-ring (bicyclic) bond motifs is 1. The molecule has 274 valence electrons. The van der Waals surface area contributed by atoms with E-state index in [0.717, 1.165) is 11.6 Å². The minimum absolute atomic E-state index is 0.0730. The average Bonchev–Trinajstić information content (AvgIpc) is 3.47. The molecule has 15 heteroatoms. The SMILES string of the molecule is CCOC(=O)C(SC)c1cc(OC)c(OC2CCN(CC(O)(c3cn(Cc4ccccc4)c4cc([N+](=O)[O-])ccc34)C(F)(F)F)CC2)c(OC)c1. The lowest BCUT2D eigenvalue weighted by Gasteiger charge is -2.39. The summed E-state index contributed by atoms with van der Waals surface area (Å²) < 4.78 is 69.2. The number of methoxy groups -OCH3 is 2. The number of piperidine rings is 1. The number of ether oxygens (including phenoxy) is 4. The summed E-state index contributed by atoms with van der Waals surface area (Å²) in [5.74, 6) is 0.552. The Bertz CT molecular complexity index is 1820. The lowest BCUT2D eigenvalue weighted by atomic mass is 9.91. The number of likely N-dealkylation sites (tertiary alicyclic amines) is 1. The summed E-state index contributed by atoms with van der Waals surface area (Å²) in [6.45, 7) is 1.70. The number of alkyl halides is 3. The molecular weight excluding hydrogens is 691 g/mol. The number of non-ortho nitro benzene ring substituents is 1. The first kappa shape index (κ1) is 37.8. The first-order valence-corrected chi connectivity index (χ1v) is 17.6. The molecule has 1 N–H and O–H groups in total. The summed E-state index contributed by atoms with van der Waals surface area (Å²) in [4.78, 5) is 25.1. The highest BCUT2D eigenvalue weighted by Gasteiger charge is 2.57. The molecule has 0 bridgehead atoms. The van der Waals surface area contributed by atoms with E-state index >= 15 is 0 Å². The zero-order valence-electron chi connectivity index (χ0n) is 28.6. The normalized spacial score (nSPS) is 16.0. The van der Waals surface area contributed by atoms with Crippen molar-refractivity contribution in [3.63, 3.8) is 0 Å². The van der Waals surface area contributed by atoms with E-state index in [9.17, 15) is 33.2 Å². The highest BCUT2D eigenvalue weighted by atomic mass is 32.2. The van der Waals surface area contributed by atoms with E-state index in [4.69, 9.17) is 18.9 Å². The van der Waals surface area contributed by atoms with Gasteiger partial charge in [-0.25, -0.2) is 0 Å². The minimum atomic E-state index is -5.07. The fourth-order valence-corrected chi connectivity index (χ4v) is 7.06. The number of β-amino-alcohol motifs (C(OH)–C–C–N with tert-alkyl or cyclic N) is 1. The number of rotatable bonds is 14. The second-order valence-electron chi connectivity index (χ2n) is 12.2. The van der Waals surface area contributed by atoms with Crippen LogP contribution in [-0.4, -0.2) is 84.5 Å². The van der Waals surface area contributed by atoms with Crippen LogP contribution in [0, 0.1) is 10.1 Å². The van der Waals surface area contributed by atoms with Gasteiger partial charge in [-0.1, -0.05) is 30.3 Å². The number of carbonyl (C=O) groups excluding carboxylic acids is 1. The lowest BCUT2D eigenvalue weighted by molar-refractivity contribution is -0.384. The third-order valence-electron chi connectivity index (χ3n) is 8.98. The highest BCUT2D eigenvalue weighted by Crippen LogP contribution is 2.46. The highest BCUT2D eigenvalue weighted by molar-refractivity contribution is 7.99. The molecule has 1 saturated heterocycles. The van der Waals surface area contributed by atoms with Gasteiger partial charge in [0, 0.05) is 55.5 Å². The Hall–Kier alpha value is -4.47. The van der Waals surface area contributed by atoms with Gasteiger partial charge in [0.05, 0.1) is 31.3 Å². The Morgan fingerprint density at radius 3 is 2.25 bits per heavy atom. The van der Waals surface area contributed by atoms with Crippen molar-refractivity contribution in [2.24, 2.45) is 0 Å². The number of nitro groups is 1. The van der Waals surface area contributed by atoms with Crippen LogP contribution < -0.4 is 14.2 Å². The van der Waals surface area contributed by atoms with E-state index in [-0.39, 0.29) is 48.4 Å². The van der Waals surface area contributed by atoms with Crippen molar-refractivity contribution < 1.29 is 46.9 Å². The molecule has 0 saturated carbocycles. The minimum Gasteiger partial charge on any atom is -0.493 e. The number of nitrogens with zero attached hydrogens (tertiary/aromatic N) is 3. The van der Waals surface area contributed by atoms with Crippen LogP contribution in [0.5, 0.6) is 17.2 Å². The van der Waals surface area contributed by atoms with Crippen molar-refractivity contribution in [2.45, 2.75) is 49.4 Å². The van der Waals surface area contributed by atoms with Gasteiger partial charge in [-0.05, 0) is 55.3 Å². The molecule has 11 nitrogen and oxygen atoms in total. The number of benzene rings is 3. The number of hydrogen-bond acceptors (Lipinski definition) is 10. The quantitative estimate of drug-likeness (QED) is 0.0834. The number of hydrogen-bond donors (Lipinski definition) is 1. The van der Waals surface area contributed by atoms with Crippen LogP contribution in [0.4, 0.5) is 18.9 Å². The van der Waals surface area contributed by atoms with Gasteiger partial charge in [-0.2, -0.15) is 13.2 Å². The molecule has 1 fully saturated rings. The fraction of sp³-hybridized carbons (Fsp3) is 0.417. The van der Waals surface area contributed by atoms with Crippen LogP contribution in [0.1, 0.15) is 41.7 Å². The van der Waals surface area contributed by atoms with Gasteiger partial charge >= 0.3 is 12.1 Å². The third-order valence-corrected chi connectivity index (χ3v) is 9.92. The van der Waals surface area contributed by atoms with Crippen molar-refractivity contribution in [1.82, 2.24) is 9.47 Å². The first-order valence-electron chi connectivity index (χ1n) is 16.3. The standard InChI is InChI=1S/C36H40F3N3O8S/c1-5-49-34(43)33(51-4)24-17-30(47-2)32(31(18-24)48-3)50-26-13-15-40(16-14-26)22-35(44,36(37,38)39)28-21-41(20-23-9-7-6-8-10-23)29-19-25(42(45)46)11-12-27(28)29/h6-12,17-19,21,26,33,44H,5,13-16,20,22H2,1-4H3. The van der Waals surface area contributed by atoms with E-state index < -0.39 is 40.6 Å². The van der Waals surface area contributed by atoms with Crippen molar-refractivity contribution >= 4 is 34.3 Å². The Morgan fingerprint density at radius 2 is 1.71 bits per heavy atom. The molecule has 51 heavy (non-hydrogen) atoms. The number of aromatic nitrogens is 1. The second-order valence-corrected chi connectivity index (χ2v) is 13.1. The lowest BCUT2D eigenvalue weighted by Crippen LogP contribution is -2.53. The van der Waals surface area contributed by atoms with Crippen LogP contribution >= 0.6 is 11.8 Å². The largest absolute Gasteiger partial charge is 0.493 e. The Morgan fingerprint density at radius 1 is 1.06 bits per heavy atom. The van der Waals surface area contributed by atoms with Gasteiger partial charge in [0.25, 0.3) is 5.69 Å². The molecule has 2 heterocycles. The Balaban J connectivity index is 1.38. The Kier molecular flexibility index (Phi) is 11.7. The van der Waals surface area contributed by atoms with E-state index in [2.05, 4.69) is 0 Å². The maximum absolute atomic E-state index is 15.0. The van der Waals surface area contributed by atoms with Gasteiger partial charge in [0.1, 0.15) is 11.4 Å². The number of halogens is 3. The van der Waals surface area contributed by atoms with Crippen LogP contribution in [0.3, 0.4) is 0 Å². The van der Waals surface area contributed by atoms with Gasteiger partial charge in [-0.15, -0.1) is 11.8 Å². The van der Waals surface area contributed by atoms with Crippen LogP contribution in [-0.2, 0) is 21.7 Å². The zero-order chi connectivity index (χ0) is 36.9. The van der Waals surface area contributed by atoms with Crippen molar-refractivity contribution in [1.29, 1.82) is 0 Å². The monoisotopic (exact) mass is 731 g/mol. The molecule has 5 rings (SSSR count). The predicted octanol–water partition coefficient (Wildman–Crippen LogP) is 6.88. The first-order chi connectivity index (χ1) is 24.3.